The first kappa shape index (κ1) is 9.31. The van der Waals surface area contributed by atoms with Crippen LogP contribution in [0.3, 0.4) is 0 Å². The second-order valence-electron chi connectivity index (χ2n) is 2.31. The molecule has 0 aliphatic rings. The number of nitrogens with one attached hydrogen (secondary N) is 1. The van der Waals surface area contributed by atoms with E-state index in [0.29, 0.717) is 6.04 Å². The molecule has 0 fully saturated rings. The van der Waals surface area contributed by atoms with E-state index >= 15 is 0 Å². The Balaban J connectivity index is 2.75. The standard InChI is InChI=1S/C7H17NS/c1-4-9-6-5-8-7(2)3/h7-8H,4-6H2,1-3H3. The zero-order valence-corrected chi connectivity index (χ0v) is 7.42. The second kappa shape index (κ2) is 6.43. The molecule has 0 amide bonds. The van der Waals surface area contributed by atoms with Crippen molar-refractivity contribution >= 4 is 11.8 Å². The summed E-state index contributed by atoms with van der Waals surface area (Å²) in [5.41, 5.74) is 0. The third kappa shape index (κ3) is 8.31. The van der Waals surface area contributed by atoms with Crippen LogP contribution in [0.5, 0.6) is 0 Å². The SMILES string of the molecule is CCSCCNC(C)C. The van der Waals surface area contributed by atoms with Crippen LogP contribution in [-0.4, -0.2) is 24.1 Å². The fraction of sp³-hybridized carbons (Fsp3) is 1.00. The van der Waals surface area contributed by atoms with Crippen LogP contribution in [0.1, 0.15) is 20.8 Å². The molecule has 0 unspecified atom stereocenters. The Morgan fingerprint density at radius 2 is 2.11 bits per heavy atom. The van der Waals surface area contributed by atoms with Crippen molar-refractivity contribution in [3.8, 4) is 0 Å². The minimum Gasteiger partial charge on any atom is -0.314 e. The van der Waals surface area contributed by atoms with Crippen LogP contribution in [0.4, 0.5) is 0 Å². The van der Waals surface area contributed by atoms with Gasteiger partial charge in [0.1, 0.15) is 0 Å². The highest BCUT2D eigenvalue weighted by atomic mass is 32.2. The molecule has 1 nitrogen and oxygen atoms in total. The van der Waals surface area contributed by atoms with Gasteiger partial charge in [0.25, 0.3) is 0 Å². The molecule has 0 aromatic carbocycles. The summed E-state index contributed by atoms with van der Waals surface area (Å²) in [6.07, 6.45) is 0. The molecule has 0 radical (unpaired) electrons. The van der Waals surface area contributed by atoms with Crippen molar-refractivity contribution in [2.45, 2.75) is 26.8 Å². The number of rotatable bonds is 5. The Bertz CT molecular complexity index is 54.9. The van der Waals surface area contributed by atoms with Gasteiger partial charge in [-0.15, -0.1) is 0 Å². The van der Waals surface area contributed by atoms with Gasteiger partial charge in [-0.05, 0) is 5.75 Å². The van der Waals surface area contributed by atoms with Gasteiger partial charge in [-0.3, -0.25) is 0 Å². The average Bonchev–Trinajstić information content (AvgIpc) is 1.80. The maximum absolute atomic E-state index is 3.36. The first-order valence-corrected chi connectivity index (χ1v) is 4.74. The van der Waals surface area contributed by atoms with Crippen LogP contribution in [0, 0.1) is 0 Å². The molecular weight excluding hydrogens is 130 g/mol. The molecule has 0 atom stereocenters. The van der Waals surface area contributed by atoms with Crippen molar-refractivity contribution in [3.05, 3.63) is 0 Å². The number of thioether (sulfide) groups is 1. The monoisotopic (exact) mass is 147 g/mol. The molecule has 0 saturated carbocycles. The Labute approximate surface area is 62.6 Å². The van der Waals surface area contributed by atoms with Gasteiger partial charge in [-0.1, -0.05) is 20.8 Å². The Morgan fingerprint density at radius 1 is 1.44 bits per heavy atom. The van der Waals surface area contributed by atoms with E-state index in [1.807, 2.05) is 11.8 Å². The summed E-state index contributed by atoms with van der Waals surface area (Å²) in [7, 11) is 0. The molecule has 0 saturated heterocycles. The molecule has 0 spiro atoms. The molecular formula is C7H17NS. The predicted octanol–water partition coefficient (Wildman–Crippen LogP) is 1.74. The van der Waals surface area contributed by atoms with Crippen molar-refractivity contribution in [1.82, 2.24) is 5.32 Å². The smallest absolute Gasteiger partial charge is 0.00580 e. The van der Waals surface area contributed by atoms with E-state index in [9.17, 15) is 0 Å². The van der Waals surface area contributed by atoms with Crippen molar-refractivity contribution < 1.29 is 0 Å². The van der Waals surface area contributed by atoms with Crippen molar-refractivity contribution in [3.63, 3.8) is 0 Å². The maximum Gasteiger partial charge on any atom is 0.00580 e. The zero-order valence-electron chi connectivity index (χ0n) is 6.61. The van der Waals surface area contributed by atoms with E-state index in [2.05, 4.69) is 26.1 Å². The van der Waals surface area contributed by atoms with E-state index < -0.39 is 0 Å². The predicted molar refractivity (Wildman–Crippen MR) is 46.1 cm³/mol. The van der Waals surface area contributed by atoms with Gasteiger partial charge in [0.15, 0.2) is 0 Å². The highest BCUT2D eigenvalue weighted by Gasteiger charge is 1.89. The lowest BCUT2D eigenvalue weighted by atomic mass is 10.4. The highest BCUT2D eigenvalue weighted by molar-refractivity contribution is 7.99. The van der Waals surface area contributed by atoms with Gasteiger partial charge < -0.3 is 5.32 Å². The molecule has 0 rings (SSSR count). The normalized spacial score (nSPS) is 10.7. The Kier molecular flexibility index (Phi) is 6.65. The van der Waals surface area contributed by atoms with Crippen LogP contribution in [0.15, 0.2) is 0 Å². The maximum atomic E-state index is 3.36. The number of hydrogen-bond acceptors (Lipinski definition) is 2. The minimum absolute atomic E-state index is 0.641. The molecule has 0 aromatic rings. The Hall–Kier alpha value is 0.310. The van der Waals surface area contributed by atoms with Gasteiger partial charge in [-0.25, -0.2) is 0 Å². The summed E-state index contributed by atoms with van der Waals surface area (Å²) >= 11 is 1.99. The first-order valence-electron chi connectivity index (χ1n) is 3.58. The third-order valence-electron chi connectivity index (χ3n) is 1.00. The van der Waals surface area contributed by atoms with Crippen molar-refractivity contribution in [2.75, 3.05) is 18.1 Å². The lowest BCUT2D eigenvalue weighted by Gasteiger charge is -2.05. The lowest BCUT2D eigenvalue weighted by molar-refractivity contribution is 0.616. The van der Waals surface area contributed by atoms with Gasteiger partial charge in [0.2, 0.25) is 0 Å². The van der Waals surface area contributed by atoms with Crippen LogP contribution in [0.2, 0.25) is 0 Å². The molecule has 1 N–H and O–H groups in total. The lowest BCUT2D eigenvalue weighted by Crippen LogP contribution is -2.24. The van der Waals surface area contributed by atoms with Gasteiger partial charge in [0.05, 0.1) is 0 Å². The number of hydrogen-bond donors (Lipinski definition) is 1. The molecule has 9 heavy (non-hydrogen) atoms. The summed E-state index contributed by atoms with van der Waals surface area (Å²) in [6.45, 7) is 7.70. The summed E-state index contributed by atoms with van der Waals surface area (Å²) < 4.78 is 0. The van der Waals surface area contributed by atoms with E-state index in [-0.39, 0.29) is 0 Å². The summed E-state index contributed by atoms with van der Waals surface area (Å²) in [5.74, 6) is 2.48. The van der Waals surface area contributed by atoms with Crippen molar-refractivity contribution in [1.29, 1.82) is 0 Å². The average molecular weight is 147 g/mol. The molecule has 0 heterocycles. The fourth-order valence-corrected chi connectivity index (χ4v) is 1.11. The van der Waals surface area contributed by atoms with Crippen molar-refractivity contribution in [2.24, 2.45) is 0 Å². The molecule has 0 bridgehead atoms. The molecule has 0 aromatic heterocycles. The molecule has 2 heteroatoms. The van der Waals surface area contributed by atoms with Gasteiger partial charge in [0, 0.05) is 18.3 Å². The molecule has 0 aliphatic heterocycles. The topological polar surface area (TPSA) is 12.0 Å². The minimum atomic E-state index is 0.641. The quantitative estimate of drug-likeness (QED) is 0.594. The van der Waals surface area contributed by atoms with E-state index in [1.165, 1.54) is 11.5 Å². The molecule has 56 valence electrons. The van der Waals surface area contributed by atoms with Crippen LogP contribution >= 0.6 is 11.8 Å². The summed E-state index contributed by atoms with van der Waals surface area (Å²) in [5, 5.41) is 3.36. The zero-order chi connectivity index (χ0) is 7.11. The Morgan fingerprint density at radius 3 is 2.56 bits per heavy atom. The van der Waals surface area contributed by atoms with E-state index in [4.69, 9.17) is 0 Å². The fourth-order valence-electron chi connectivity index (χ4n) is 0.564. The summed E-state index contributed by atoms with van der Waals surface area (Å²) in [4.78, 5) is 0. The first-order chi connectivity index (χ1) is 4.27. The van der Waals surface area contributed by atoms with Crippen LogP contribution in [0.25, 0.3) is 0 Å². The van der Waals surface area contributed by atoms with Crippen LogP contribution < -0.4 is 5.32 Å². The van der Waals surface area contributed by atoms with Gasteiger partial charge in [-0.2, -0.15) is 11.8 Å². The van der Waals surface area contributed by atoms with E-state index in [0.717, 1.165) is 6.54 Å². The second-order valence-corrected chi connectivity index (χ2v) is 3.70. The largest absolute Gasteiger partial charge is 0.314 e. The van der Waals surface area contributed by atoms with E-state index in [1.54, 1.807) is 0 Å². The third-order valence-corrected chi connectivity index (χ3v) is 1.90. The molecule has 0 aliphatic carbocycles. The van der Waals surface area contributed by atoms with Crippen LogP contribution in [-0.2, 0) is 0 Å². The van der Waals surface area contributed by atoms with Gasteiger partial charge >= 0.3 is 0 Å². The summed E-state index contributed by atoms with van der Waals surface area (Å²) in [6, 6.07) is 0.641. The highest BCUT2D eigenvalue weighted by Crippen LogP contribution is 1.95.